The molecule has 1 aliphatic rings. The standard InChI is InChI=1S/C12H14ClN3O/c1-15-5-4-9(7-15)16-11-3-2-8(13)6-10(11)14-12(16)17/h2-3,6,9H,4-5,7H2,1H3,(H,14,17). The van der Waals surface area contributed by atoms with Crippen molar-refractivity contribution in [1.29, 1.82) is 0 Å². The van der Waals surface area contributed by atoms with E-state index in [2.05, 4.69) is 16.9 Å². The minimum atomic E-state index is -0.0393. The van der Waals surface area contributed by atoms with Gasteiger partial charge < -0.3 is 9.88 Å². The van der Waals surface area contributed by atoms with E-state index in [1.54, 1.807) is 6.07 Å². The zero-order valence-electron chi connectivity index (χ0n) is 9.61. The van der Waals surface area contributed by atoms with Gasteiger partial charge in [0.25, 0.3) is 0 Å². The topological polar surface area (TPSA) is 41.0 Å². The van der Waals surface area contributed by atoms with Crippen LogP contribution in [0, 0.1) is 0 Å². The van der Waals surface area contributed by atoms with Crippen LogP contribution in [-0.2, 0) is 0 Å². The van der Waals surface area contributed by atoms with Gasteiger partial charge in [-0.05, 0) is 38.2 Å². The molecule has 1 saturated heterocycles. The number of H-pyrrole nitrogens is 1. The van der Waals surface area contributed by atoms with Crippen molar-refractivity contribution in [3.8, 4) is 0 Å². The molecule has 1 N–H and O–H groups in total. The smallest absolute Gasteiger partial charge is 0.305 e. The van der Waals surface area contributed by atoms with Crippen LogP contribution in [-0.4, -0.2) is 34.6 Å². The lowest BCUT2D eigenvalue weighted by molar-refractivity contribution is 0.392. The molecular formula is C12H14ClN3O. The van der Waals surface area contributed by atoms with Gasteiger partial charge in [0.15, 0.2) is 0 Å². The summed E-state index contributed by atoms with van der Waals surface area (Å²) in [4.78, 5) is 17.1. The summed E-state index contributed by atoms with van der Waals surface area (Å²) in [5, 5.41) is 0.648. The molecule has 1 aromatic carbocycles. The number of fused-ring (bicyclic) bond motifs is 1. The lowest BCUT2D eigenvalue weighted by Gasteiger charge is -2.12. The quantitative estimate of drug-likeness (QED) is 0.841. The number of benzene rings is 1. The average molecular weight is 252 g/mol. The molecule has 2 aromatic rings. The molecule has 3 rings (SSSR count). The van der Waals surface area contributed by atoms with E-state index >= 15 is 0 Å². The monoisotopic (exact) mass is 251 g/mol. The Morgan fingerprint density at radius 1 is 1.47 bits per heavy atom. The number of aromatic amines is 1. The maximum Gasteiger partial charge on any atom is 0.326 e. The van der Waals surface area contributed by atoms with Crippen LogP contribution in [0.2, 0.25) is 5.02 Å². The van der Waals surface area contributed by atoms with E-state index in [1.165, 1.54) is 0 Å². The van der Waals surface area contributed by atoms with E-state index in [-0.39, 0.29) is 11.7 Å². The largest absolute Gasteiger partial charge is 0.326 e. The van der Waals surface area contributed by atoms with Crippen molar-refractivity contribution in [1.82, 2.24) is 14.5 Å². The van der Waals surface area contributed by atoms with E-state index in [4.69, 9.17) is 11.6 Å². The van der Waals surface area contributed by atoms with Gasteiger partial charge in [-0.2, -0.15) is 0 Å². The van der Waals surface area contributed by atoms with Crippen molar-refractivity contribution < 1.29 is 0 Å². The minimum Gasteiger partial charge on any atom is -0.305 e. The maximum atomic E-state index is 12.0. The molecule has 1 aromatic heterocycles. The SMILES string of the molecule is CN1CCC(n2c(=O)[nH]c3cc(Cl)ccc32)C1. The number of hydrogen-bond donors (Lipinski definition) is 1. The number of halogens is 1. The van der Waals surface area contributed by atoms with Crippen LogP contribution in [0.3, 0.4) is 0 Å². The number of hydrogen-bond acceptors (Lipinski definition) is 2. The second-order valence-corrected chi connectivity index (χ2v) is 5.10. The summed E-state index contributed by atoms with van der Waals surface area (Å²) >= 11 is 5.92. The predicted octanol–water partition coefficient (Wildman–Crippen LogP) is 1.86. The Balaban J connectivity index is 2.15. The summed E-state index contributed by atoms with van der Waals surface area (Å²) in [6.07, 6.45) is 1.02. The molecule has 0 bridgehead atoms. The molecule has 2 heterocycles. The first-order chi connectivity index (χ1) is 8.15. The number of nitrogens with one attached hydrogen (secondary N) is 1. The minimum absolute atomic E-state index is 0.0393. The van der Waals surface area contributed by atoms with Crippen molar-refractivity contribution in [2.75, 3.05) is 20.1 Å². The molecule has 1 fully saturated rings. The van der Waals surface area contributed by atoms with Crippen LogP contribution in [0.15, 0.2) is 23.0 Å². The fourth-order valence-electron chi connectivity index (χ4n) is 2.59. The van der Waals surface area contributed by atoms with Gasteiger partial charge in [0, 0.05) is 11.6 Å². The van der Waals surface area contributed by atoms with Crippen molar-refractivity contribution in [3.05, 3.63) is 33.7 Å². The van der Waals surface area contributed by atoms with E-state index in [0.29, 0.717) is 5.02 Å². The molecule has 1 atom stereocenters. The first-order valence-corrected chi connectivity index (χ1v) is 6.11. The van der Waals surface area contributed by atoms with Gasteiger partial charge in [0.1, 0.15) is 0 Å². The van der Waals surface area contributed by atoms with Crippen LogP contribution >= 0.6 is 11.6 Å². The Labute approximate surface area is 104 Å². The normalized spacial score (nSPS) is 21.4. The van der Waals surface area contributed by atoms with Crippen LogP contribution < -0.4 is 5.69 Å². The fraction of sp³-hybridized carbons (Fsp3) is 0.417. The van der Waals surface area contributed by atoms with Crippen molar-refractivity contribution >= 4 is 22.6 Å². The highest BCUT2D eigenvalue weighted by atomic mass is 35.5. The molecule has 0 spiro atoms. The number of likely N-dealkylation sites (tertiary alicyclic amines) is 1. The molecule has 17 heavy (non-hydrogen) atoms. The molecule has 4 nitrogen and oxygen atoms in total. The second kappa shape index (κ2) is 3.89. The highest BCUT2D eigenvalue weighted by Gasteiger charge is 2.24. The van der Waals surface area contributed by atoms with Gasteiger partial charge in [0.2, 0.25) is 0 Å². The molecule has 0 amide bonds. The number of likely N-dealkylation sites (N-methyl/N-ethyl adjacent to an activating group) is 1. The van der Waals surface area contributed by atoms with Crippen LogP contribution in [0.1, 0.15) is 12.5 Å². The number of aromatic nitrogens is 2. The van der Waals surface area contributed by atoms with Crippen molar-refractivity contribution in [3.63, 3.8) is 0 Å². The lowest BCUT2D eigenvalue weighted by atomic mass is 10.2. The zero-order chi connectivity index (χ0) is 12.0. The molecule has 0 aliphatic carbocycles. The highest BCUT2D eigenvalue weighted by molar-refractivity contribution is 6.31. The maximum absolute atomic E-state index is 12.0. The van der Waals surface area contributed by atoms with Gasteiger partial charge in [-0.1, -0.05) is 11.6 Å². The third-order valence-electron chi connectivity index (χ3n) is 3.41. The fourth-order valence-corrected chi connectivity index (χ4v) is 2.76. The third kappa shape index (κ3) is 1.77. The van der Waals surface area contributed by atoms with E-state index in [1.807, 2.05) is 16.7 Å². The summed E-state index contributed by atoms with van der Waals surface area (Å²) < 4.78 is 1.86. The summed E-state index contributed by atoms with van der Waals surface area (Å²) in [5.41, 5.74) is 1.72. The first kappa shape index (κ1) is 10.9. The number of imidazole rings is 1. The van der Waals surface area contributed by atoms with Crippen LogP contribution in [0.5, 0.6) is 0 Å². The van der Waals surface area contributed by atoms with Crippen molar-refractivity contribution in [2.24, 2.45) is 0 Å². The summed E-state index contributed by atoms with van der Waals surface area (Å²) in [7, 11) is 2.08. The molecule has 0 radical (unpaired) electrons. The van der Waals surface area contributed by atoms with Crippen molar-refractivity contribution in [2.45, 2.75) is 12.5 Å². The second-order valence-electron chi connectivity index (χ2n) is 4.67. The summed E-state index contributed by atoms with van der Waals surface area (Å²) in [5.74, 6) is 0. The Morgan fingerprint density at radius 2 is 2.29 bits per heavy atom. The molecule has 5 heteroatoms. The van der Waals surface area contributed by atoms with E-state index in [9.17, 15) is 4.79 Å². The Hall–Kier alpha value is -1.26. The average Bonchev–Trinajstić information content (AvgIpc) is 2.80. The molecule has 0 saturated carbocycles. The first-order valence-electron chi connectivity index (χ1n) is 5.73. The van der Waals surface area contributed by atoms with Crippen LogP contribution in [0.25, 0.3) is 11.0 Å². The third-order valence-corrected chi connectivity index (χ3v) is 3.65. The van der Waals surface area contributed by atoms with Gasteiger partial charge in [0.05, 0.1) is 17.1 Å². The van der Waals surface area contributed by atoms with Gasteiger partial charge in [-0.25, -0.2) is 4.79 Å². The van der Waals surface area contributed by atoms with Gasteiger partial charge in [-0.15, -0.1) is 0 Å². The summed E-state index contributed by atoms with van der Waals surface area (Å²) in [6.45, 7) is 1.97. The van der Waals surface area contributed by atoms with Gasteiger partial charge >= 0.3 is 5.69 Å². The number of nitrogens with zero attached hydrogens (tertiary/aromatic N) is 2. The highest BCUT2D eigenvalue weighted by Crippen LogP contribution is 2.24. The molecule has 1 aliphatic heterocycles. The lowest BCUT2D eigenvalue weighted by Crippen LogP contribution is -2.24. The van der Waals surface area contributed by atoms with Crippen LogP contribution in [0.4, 0.5) is 0 Å². The molecule has 1 unspecified atom stereocenters. The Bertz CT molecular complexity index is 616. The zero-order valence-corrected chi connectivity index (χ0v) is 10.4. The predicted molar refractivity (Wildman–Crippen MR) is 68.7 cm³/mol. The van der Waals surface area contributed by atoms with E-state index in [0.717, 1.165) is 30.5 Å². The Kier molecular flexibility index (Phi) is 2.49. The Morgan fingerprint density at radius 3 is 3.00 bits per heavy atom. The molecule has 90 valence electrons. The van der Waals surface area contributed by atoms with Gasteiger partial charge in [-0.3, -0.25) is 4.57 Å². The van der Waals surface area contributed by atoms with E-state index < -0.39 is 0 Å². The molecular weight excluding hydrogens is 238 g/mol. The summed E-state index contributed by atoms with van der Waals surface area (Å²) in [6, 6.07) is 5.80. The number of rotatable bonds is 1.